The van der Waals surface area contributed by atoms with Crippen LogP contribution in [0, 0.1) is 0 Å². The summed E-state index contributed by atoms with van der Waals surface area (Å²) in [6, 6.07) is 0. The van der Waals surface area contributed by atoms with Crippen LogP contribution in [0.2, 0.25) is 0 Å². The number of fused-ring (bicyclic) bond motifs is 3. The first-order chi connectivity index (χ1) is 9.40. The Morgan fingerprint density at radius 3 is 2.63 bits per heavy atom. The second-order valence-corrected chi connectivity index (χ2v) is 4.87. The molecule has 19 heavy (non-hydrogen) atoms. The minimum absolute atomic E-state index is 0.996. The maximum atomic E-state index is 4.38. The number of nitrogens with zero attached hydrogens (tertiary/aromatic N) is 2. The molecule has 3 heterocycles. The fourth-order valence-corrected chi connectivity index (χ4v) is 3.37. The minimum Gasteiger partial charge on any atom is -0.312 e. The molecule has 2 aromatic heterocycles. The van der Waals surface area contributed by atoms with Crippen LogP contribution in [-0.4, -0.2) is 16.5 Å². The Morgan fingerprint density at radius 2 is 1.95 bits per heavy atom. The van der Waals surface area contributed by atoms with Gasteiger partial charge in [0.15, 0.2) is 0 Å². The molecule has 106 valence electrons. The van der Waals surface area contributed by atoms with E-state index in [4.69, 9.17) is 0 Å². The lowest BCUT2D eigenvalue weighted by Gasteiger charge is -2.12. The summed E-state index contributed by atoms with van der Waals surface area (Å²) in [4.78, 5) is 11.4. The topological polar surface area (TPSA) is 37.8 Å². The maximum absolute atomic E-state index is 4.38. The lowest BCUT2D eigenvalue weighted by Crippen LogP contribution is -2.22. The van der Waals surface area contributed by atoms with Crippen LogP contribution < -0.4 is 5.32 Å². The third-order valence-electron chi connectivity index (χ3n) is 2.92. The first-order valence-corrected chi connectivity index (χ1v) is 8.16. The Hall–Kier alpha value is -1.00. The van der Waals surface area contributed by atoms with Gasteiger partial charge in [-0.25, -0.2) is 9.97 Å². The average molecular weight is 279 g/mol. The predicted octanol–water partition coefficient (Wildman–Crippen LogP) is 3.95. The van der Waals surface area contributed by atoms with E-state index in [1.807, 2.05) is 39.0 Å². The Morgan fingerprint density at radius 1 is 1.21 bits per heavy atom. The highest BCUT2D eigenvalue weighted by Crippen LogP contribution is 2.33. The Labute approximate surface area is 120 Å². The molecule has 0 saturated carbocycles. The van der Waals surface area contributed by atoms with Crippen molar-refractivity contribution in [1.29, 1.82) is 0 Å². The molecule has 0 atom stereocenters. The highest BCUT2D eigenvalue weighted by atomic mass is 32.1. The zero-order valence-electron chi connectivity index (χ0n) is 12.7. The van der Waals surface area contributed by atoms with Gasteiger partial charge in [0.2, 0.25) is 0 Å². The summed E-state index contributed by atoms with van der Waals surface area (Å²) in [5.41, 5.74) is 2.70. The van der Waals surface area contributed by atoms with Gasteiger partial charge >= 0.3 is 0 Å². The largest absolute Gasteiger partial charge is 0.312 e. The molecule has 0 fully saturated rings. The predicted molar refractivity (Wildman–Crippen MR) is 84.9 cm³/mol. The van der Waals surface area contributed by atoms with Crippen LogP contribution >= 0.6 is 11.3 Å². The molecule has 2 aromatic rings. The van der Waals surface area contributed by atoms with E-state index in [9.17, 15) is 0 Å². The van der Waals surface area contributed by atoms with Crippen molar-refractivity contribution in [3.8, 4) is 0 Å². The second kappa shape index (κ2) is 8.23. The van der Waals surface area contributed by atoms with Crippen molar-refractivity contribution < 1.29 is 0 Å². The van der Waals surface area contributed by atoms with Gasteiger partial charge in [0, 0.05) is 16.8 Å². The highest BCUT2D eigenvalue weighted by molar-refractivity contribution is 7.18. The van der Waals surface area contributed by atoms with Gasteiger partial charge < -0.3 is 5.32 Å². The lowest BCUT2D eigenvalue weighted by atomic mass is 10.0. The van der Waals surface area contributed by atoms with Crippen molar-refractivity contribution in [2.75, 3.05) is 6.54 Å². The summed E-state index contributed by atoms with van der Waals surface area (Å²) in [7, 11) is 0. The summed E-state index contributed by atoms with van der Waals surface area (Å²) in [6.07, 6.45) is 3.81. The van der Waals surface area contributed by atoms with Crippen LogP contribution in [0.25, 0.3) is 10.2 Å². The van der Waals surface area contributed by atoms with Crippen molar-refractivity contribution in [2.24, 2.45) is 0 Å². The van der Waals surface area contributed by atoms with Gasteiger partial charge in [0.05, 0.1) is 5.69 Å². The number of aromatic nitrogens is 2. The summed E-state index contributed by atoms with van der Waals surface area (Å²) >= 11 is 1.82. The monoisotopic (exact) mass is 279 g/mol. The standard InChI is InChI=1S/C11H13N3S.2C2H6/c1-2-8-10-7-3-4-12-5-9(7)15-11(10)14-6-13-8;2*1-2/h6,12H,2-5H2,1H3;2*1-2H3. The van der Waals surface area contributed by atoms with E-state index in [0.717, 1.165) is 30.8 Å². The molecule has 0 aromatic carbocycles. The van der Waals surface area contributed by atoms with Gasteiger partial charge in [-0.3, -0.25) is 0 Å². The number of rotatable bonds is 1. The number of nitrogens with one attached hydrogen (secondary N) is 1. The zero-order chi connectivity index (χ0) is 14.3. The van der Waals surface area contributed by atoms with Gasteiger partial charge in [-0.1, -0.05) is 34.6 Å². The molecule has 3 rings (SSSR count). The summed E-state index contributed by atoms with van der Waals surface area (Å²) in [5, 5.41) is 4.74. The molecule has 1 aliphatic rings. The van der Waals surface area contributed by atoms with Crippen molar-refractivity contribution in [3.63, 3.8) is 0 Å². The number of aryl methyl sites for hydroxylation is 1. The van der Waals surface area contributed by atoms with E-state index in [1.165, 1.54) is 21.5 Å². The van der Waals surface area contributed by atoms with E-state index in [-0.39, 0.29) is 0 Å². The summed E-state index contributed by atoms with van der Waals surface area (Å²) in [6.45, 7) is 12.2. The van der Waals surface area contributed by atoms with E-state index in [0.29, 0.717) is 0 Å². The Kier molecular flexibility index (Phi) is 6.95. The molecule has 3 nitrogen and oxygen atoms in total. The molecular formula is C15H25N3S. The lowest BCUT2D eigenvalue weighted by molar-refractivity contribution is 0.657. The second-order valence-electron chi connectivity index (χ2n) is 3.78. The number of hydrogen-bond acceptors (Lipinski definition) is 4. The Balaban J connectivity index is 0.000000415. The Bertz CT molecular complexity index is 505. The number of hydrogen-bond donors (Lipinski definition) is 1. The summed E-state index contributed by atoms with van der Waals surface area (Å²) in [5.74, 6) is 0. The molecular weight excluding hydrogens is 254 g/mol. The van der Waals surface area contributed by atoms with E-state index in [2.05, 4.69) is 22.2 Å². The highest BCUT2D eigenvalue weighted by Gasteiger charge is 2.18. The zero-order valence-corrected chi connectivity index (χ0v) is 13.5. The van der Waals surface area contributed by atoms with Crippen molar-refractivity contribution in [2.45, 2.75) is 54.0 Å². The van der Waals surface area contributed by atoms with Gasteiger partial charge in [0.25, 0.3) is 0 Å². The van der Waals surface area contributed by atoms with Crippen LogP contribution in [0.3, 0.4) is 0 Å². The van der Waals surface area contributed by atoms with E-state index in [1.54, 1.807) is 6.33 Å². The van der Waals surface area contributed by atoms with Crippen LogP contribution in [-0.2, 0) is 19.4 Å². The first kappa shape index (κ1) is 16.1. The van der Waals surface area contributed by atoms with Crippen molar-refractivity contribution in [3.05, 3.63) is 22.5 Å². The molecule has 0 spiro atoms. The SMILES string of the molecule is CC.CC.CCc1ncnc2sc3c(c12)CCNC3. The van der Waals surface area contributed by atoms with E-state index < -0.39 is 0 Å². The average Bonchev–Trinajstić information content (AvgIpc) is 2.90. The minimum atomic E-state index is 0.996. The van der Waals surface area contributed by atoms with Crippen LogP contribution in [0.15, 0.2) is 6.33 Å². The molecule has 1 aliphatic heterocycles. The molecule has 0 bridgehead atoms. The summed E-state index contributed by atoms with van der Waals surface area (Å²) < 4.78 is 0. The van der Waals surface area contributed by atoms with Crippen LogP contribution in [0.1, 0.15) is 50.8 Å². The number of thiophene rings is 1. The molecule has 0 aliphatic carbocycles. The quantitative estimate of drug-likeness (QED) is 0.859. The molecule has 0 radical (unpaired) electrons. The fraction of sp³-hybridized carbons (Fsp3) is 0.600. The molecule has 0 amide bonds. The van der Waals surface area contributed by atoms with Crippen molar-refractivity contribution >= 4 is 21.6 Å². The molecule has 4 heteroatoms. The van der Waals surface area contributed by atoms with Gasteiger partial charge in [-0.15, -0.1) is 11.3 Å². The van der Waals surface area contributed by atoms with Gasteiger partial charge in [0.1, 0.15) is 11.2 Å². The fourth-order valence-electron chi connectivity index (χ4n) is 2.19. The van der Waals surface area contributed by atoms with Gasteiger partial charge in [-0.2, -0.15) is 0 Å². The molecule has 0 unspecified atom stereocenters. The van der Waals surface area contributed by atoms with Crippen LogP contribution in [0.4, 0.5) is 0 Å². The van der Waals surface area contributed by atoms with Crippen LogP contribution in [0.5, 0.6) is 0 Å². The van der Waals surface area contributed by atoms with Crippen molar-refractivity contribution in [1.82, 2.24) is 15.3 Å². The smallest absolute Gasteiger partial charge is 0.127 e. The normalized spacial score (nSPS) is 12.9. The molecule has 1 N–H and O–H groups in total. The molecule has 0 saturated heterocycles. The third kappa shape index (κ3) is 3.31. The third-order valence-corrected chi connectivity index (χ3v) is 4.06. The van der Waals surface area contributed by atoms with Gasteiger partial charge in [-0.05, 0) is 24.9 Å². The maximum Gasteiger partial charge on any atom is 0.127 e. The van der Waals surface area contributed by atoms with E-state index >= 15 is 0 Å². The first-order valence-electron chi connectivity index (χ1n) is 7.35.